The van der Waals surface area contributed by atoms with Crippen LogP contribution in [0, 0.1) is 5.41 Å². The van der Waals surface area contributed by atoms with E-state index in [2.05, 4.69) is 0 Å². The van der Waals surface area contributed by atoms with E-state index in [0.717, 1.165) is 44.3 Å². The van der Waals surface area contributed by atoms with Crippen LogP contribution in [0.25, 0.3) is 0 Å². The zero-order valence-electron chi connectivity index (χ0n) is 14.9. The summed E-state index contributed by atoms with van der Waals surface area (Å²) in [4.78, 5) is 13.3. The summed E-state index contributed by atoms with van der Waals surface area (Å²) in [6, 6.07) is 0. The summed E-state index contributed by atoms with van der Waals surface area (Å²) < 4.78 is 26.3. The van der Waals surface area contributed by atoms with E-state index in [4.69, 9.17) is 9.31 Å². The van der Waals surface area contributed by atoms with Crippen LogP contribution < -0.4 is 0 Å². The average Bonchev–Trinajstić information content (AvgIpc) is 2.64. The summed E-state index contributed by atoms with van der Waals surface area (Å²) in [5.41, 5.74) is -0.237. The van der Waals surface area contributed by atoms with Crippen LogP contribution in [-0.2, 0) is 14.1 Å². The molecule has 23 heavy (non-hydrogen) atoms. The van der Waals surface area contributed by atoms with Crippen LogP contribution in [0.1, 0.15) is 60.3 Å². The van der Waals surface area contributed by atoms with Gasteiger partial charge in [0.25, 0.3) is 0 Å². The van der Waals surface area contributed by atoms with E-state index < -0.39 is 18.3 Å². The van der Waals surface area contributed by atoms with Gasteiger partial charge in [-0.2, -0.15) is 0 Å². The lowest BCUT2D eigenvalue weighted by atomic mass is 9.58. The van der Waals surface area contributed by atoms with Gasteiger partial charge in [0, 0.05) is 20.0 Å². The van der Waals surface area contributed by atoms with Gasteiger partial charge in [-0.3, -0.25) is 4.79 Å². The number of carbonyl (C=O) groups excluding carboxylic acids is 1. The van der Waals surface area contributed by atoms with Gasteiger partial charge in [0.2, 0.25) is 5.91 Å². The van der Waals surface area contributed by atoms with Crippen molar-refractivity contribution in [3.63, 3.8) is 0 Å². The molecule has 2 aliphatic heterocycles. The van der Waals surface area contributed by atoms with Crippen molar-refractivity contribution in [2.45, 2.75) is 71.5 Å². The number of likely N-dealkylation sites (tertiary alicyclic amines) is 1. The number of amides is 1. The van der Waals surface area contributed by atoms with Crippen LogP contribution >= 0.6 is 0 Å². The number of nitrogens with zero attached hydrogens (tertiary/aromatic N) is 1. The quantitative estimate of drug-likeness (QED) is 0.695. The zero-order valence-corrected chi connectivity index (χ0v) is 14.9. The average molecular weight is 323 g/mol. The minimum Gasteiger partial charge on any atom is -0.398 e. The fourth-order valence-corrected chi connectivity index (χ4v) is 3.79. The summed E-state index contributed by atoms with van der Waals surface area (Å²) in [7, 11) is -0.871. The van der Waals surface area contributed by atoms with Gasteiger partial charge >= 0.3 is 7.12 Å². The second-order valence-corrected chi connectivity index (χ2v) is 8.40. The van der Waals surface area contributed by atoms with E-state index in [-0.39, 0.29) is 17.0 Å². The summed E-state index contributed by atoms with van der Waals surface area (Å²) in [5, 5.41) is 0. The molecule has 0 bridgehead atoms. The molecule has 0 aromatic rings. The smallest absolute Gasteiger partial charge is 0.398 e. The Hall–Kier alpha value is -0.875. The Balaban J connectivity index is 1.63. The van der Waals surface area contributed by atoms with Crippen molar-refractivity contribution in [2.24, 2.45) is 5.41 Å². The van der Waals surface area contributed by atoms with Crippen molar-refractivity contribution in [3.8, 4) is 0 Å². The van der Waals surface area contributed by atoms with Gasteiger partial charge in [0.05, 0.1) is 11.2 Å². The number of carbonyl (C=O) groups is 1. The molecule has 0 aromatic carbocycles. The number of allylic oxidation sites excluding steroid dienone is 1. The third-order valence-corrected chi connectivity index (χ3v) is 6.24. The third-order valence-electron chi connectivity index (χ3n) is 6.24. The standard InChI is InChI=1S/C17H27BFNO3/c1-12(21)20-8-6-17(7-9-20)10-13(11-17)14(19)18-22-15(2,3)16(4,5)23-18/h6-11H2,1-5H3. The molecule has 3 rings (SSSR count). The fraction of sp³-hybridized carbons (Fsp3) is 0.824. The van der Waals surface area contributed by atoms with E-state index in [9.17, 15) is 9.18 Å². The molecule has 128 valence electrons. The predicted molar refractivity (Wildman–Crippen MR) is 87.4 cm³/mol. The molecule has 0 aromatic heterocycles. The van der Waals surface area contributed by atoms with Gasteiger partial charge in [0.1, 0.15) is 5.73 Å². The van der Waals surface area contributed by atoms with Crippen molar-refractivity contribution >= 4 is 13.0 Å². The highest BCUT2D eigenvalue weighted by atomic mass is 19.1. The molecule has 6 heteroatoms. The van der Waals surface area contributed by atoms with Crippen molar-refractivity contribution in [1.29, 1.82) is 0 Å². The Morgan fingerprint density at radius 3 is 2.00 bits per heavy atom. The minimum atomic E-state index is -0.871. The molecule has 1 amide bonds. The molecule has 3 fully saturated rings. The van der Waals surface area contributed by atoms with E-state index in [1.165, 1.54) is 0 Å². The number of hydrogen-bond acceptors (Lipinski definition) is 3. The molecule has 0 atom stereocenters. The number of rotatable bonds is 1. The van der Waals surface area contributed by atoms with E-state index in [1.54, 1.807) is 6.92 Å². The summed E-state index contributed by atoms with van der Waals surface area (Å²) >= 11 is 0. The van der Waals surface area contributed by atoms with Gasteiger partial charge in [-0.1, -0.05) is 0 Å². The van der Waals surface area contributed by atoms with Crippen LogP contribution in [-0.4, -0.2) is 42.2 Å². The van der Waals surface area contributed by atoms with Crippen LogP contribution in [0.15, 0.2) is 11.3 Å². The van der Waals surface area contributed by atoms with E-state index in [1.807, 2.05) is 32.6 Å². The Morgan fingerprint density at radius 1 is 1.09 bits per heavy atom. The lowest BCUT2D eigenvalue weighted by molar-refractivity contribution is -0.131. The van der Waals surface area contributed by atoms with Gasteiger partial charge in [0.15, 0.2) is 0 Å². The molecule has 2 saturated heterocycles. The fourth-order valence-electron chi connectivity index (χ4n) is 3.79. The topological polar surface area (TPSA) is 38.8 Å². The lowest BCUT2D eigenvalue weighted by Crippen LogP contribution is -2.46. The van der Waals surface area contributed by atoms with Gasteiger partial charge in [-0.25, -0.2) is 4.39 Å². The molecular weight excluding hydrogens is 296 g/mol. The number of piperidine rings is 1. The zero-order chi connectivity index (χ0) is 17.0. The molecule has 0 unspecified atom stereocenters. The monoisotopic (exact) mass is 323 g/mol. The van der Waals surface area contributed by atoms with E-state index >= 15 is 0 Å². The van der Waals surface area contributed by atoms with E-state index in [0.29, 0.717) is 0 Å². The Bertz CT molecular complexity index is 524. The van der Waals surface area contributed by atoms with Crippen molar-refractivity contribution in [3.05, 3.63) is 11.3 Å². The summed E-state index contributed by atoms with van der Waals surface area (Å²) in [5.74, 6) is 0.137. The van der Waals surface area contributed by atoms with Crippen LogP contribution in [0.2, 0.25) is 0 Å². The van der Waals surface area contributed by atoms with Crippen molar-refractivity contribution in [1.82, 2.24) is 4.90 Å². The summed E-state index contributed by atoms with van der Waals surface area (Å²) in [6.07, 6.45) is 3.47. The second-order valence-electron chi connectivity index (χ2n) is 8.40. The molecule has 0 N–H and O–H groups in total. The first-order valence-electron chi connectivity index (χ1n) is 8.54. The highest BCUT2D eigenvalue weighted by Crippen LogP contribution is 2.54. The molecule has 4 nitrogen and oxygen atoms in total. The van der Waals surface area contributed by atoms with Crippen molar-refractivity contribution in [2.75, 3.05) is 13.1 Å². The van der Waals surface area contributed by atoms with Crippen LogP contribution in [0.5, 0.6) is 0 Å². The first kappa shape index (κ1) is 17.0. The molecule has 2 heterocycles. The molecule has 1 aliphatic carbocycles. The van der Waals surface area contributed by atoms with Crippen molar-refractivity contribution < 1.29 is 18.5 Å². The Kier molecular flexibility index (Phi) is 3.92. The Labute approximate surface area is 138 Å². The predicted octanol–water partition coefficient (Wildman–Crippen LogP) is 3.26. The largest absolute Gasteiger partial charge is 0.525 e. The third kappa shape index (κ3) is 2.84. The van der Waals surface area contributed by atoms with Crippen LogP contribution in [0.3, 0.4) is 0 Å². The van der Waals surface area contributed by atoms with Gasteiger partial charge < -0.3 is 14.2 Å². The van der Waals surface area contributed by atoms with Gasteiger partial charge in [-0.15, -0.1) is 0 Å². The summed E-state index contributed by atoms with van der Waals surface area (Å²) in [6.45, 7) is 10.9. The SMILES string of the molecule is CC(=O)N1CCC2(CC1)CC(=C(F)B1OC(C)(C)C(C)(C)O1)C2. The molecule has 1 saturated carbocycles. The maximum Gasteiger partial charge on any atom is 0.525 e. The first-order chi connectivity index (χ1) is 10.6. The minimum absolute atomic E-state index is 0.137. The molecule has 1 spiro atoms. The molecule has 0 radical (unpaired) electrons. The van der Waals surface area contributed by atoms with Gasteiger partial charge in [-0.05, 0) is 64.4 Å². The maximum absolute atomic E-state index is 14.7. The first-order valence-corrected chi connectivity index (χ1v) is 8.54. The normalized spacial score (nSPS) is 28.0. The number of halogens is 1. The number of hydrogen-bond donors (Lipinski definition) is 0. The maximum atomic E-state index is 14.7. The van der Waals surface area contributed by atoms with Crippen LogP contribution in [0.4, 0.5) is 4.39 Å². The molecular formula is C17H27BFNO3. The Morgan fingerprint density at radius 2 is 1.57 bits per heavy atom. The second kappa shape index (κ2) is 5.31. The highest BCUT2D eigenvalue weighted by molar-refractivity contribution is 6.53. The highest BCUT2D eigenvalue weighted by Gasteiger charge is 2.55. The molecule has 3 aliphatic rings. The lowest BCUT2D eigenvalue weighted by Gasteiger charge is -2.49.